The summed E-state index contributed by atoms with van der Waals surface area (Å²) >= 11 is 0. The van der Waals surface area contributed by atoms with Gasteiger partial charge in [0.25, 0.3) is 5.69 Å². The molecule has 1 amide bonds. The smallest absolute Gasteiger partial charge is 0.320 e. The molecule has 1 unspecified atom stereocenters. The third kappa shape index (κ3) is 19.9. The molecule has 43 heavy (non-hydrogen) atoms. The topological polar surface area (TPSA) is 137 Å². The number of nitrogens with one attached hydrogen (secondary N) is 2. The molecule has 0 saturated heterocycles. The number of carbonyl (C=O) groups is 2. The van der Waals surface area contributed by atoms with Crippen molar-refractivity contribution in [3.05, 3.63) is 95.1 Å². The van der Waals surface area contributed by atoms with Crippen molar-refractivity contribution in [2.24, 2.45) is 0 Å². The number of non-ortho nitro benzene ring substituents is 1. The van der Waals surface area contributed by atoms with E-state index in [9.17, 15) is 24.3 Å². The van der Waals surface area contributed by atoms with E-state index in [-0.39, 0.29) is 36.6 Å². The van der Waals surface area contributed by atoms with E-state index < -0.39 is 18.4 Å². The van der Waals surface area contributed by atoms with Gasteiger partial charge in [0, 0.05) is 25.1 Å². The van der Waals surface area contributed by atoms with E-state index in [4.69, 9.17) is 4.52 Å². The van der Waals surface area contributed by atoms with E-state index in [1.165, 1.54) is 31.4 Å². The lowest BCUT2D eigenvalue weighted by atomic mass is 10.2. The maximum atomic E-state index is 13.3. The molecular formula is C32H46N3O7P. The van der Waals surface area contributed by atoms with Crippen LogP contribution in [-0.4, -0.2) is 43.2 Å². The van der Waals surface area contributed by atoms with E-state index in [0.717, 1.165) is 44.9 Å². The van der Waals surface area contributed by atoms with Crippen LogP contribution in [-0.2, 0) is 18.9 Å². The van der Waals surface area contributed by atoms with Crippen LogP contribution in [0.2, 0.25) is 0 Å². The molecule has 1 atom stereocenters. The zero-order valence-corrected chi connectivity index (χ0v) is 26.2. The Balaban J connectivity index is 2.27. The Kier molecular flexibility index (Phi) is 20.6. The average Bonchev–Trinajstić information content (AvgIpc) is 3.00. The molecule has 0 saturated carbocycles. The quantitative estimate of drug-likeness (QED) is 0.0325. The number of benzene rings is 1. The molecule has 0 aliphatic rings. The standard InChI is InChI=1S/C32H46N3O7P/c1-3-4-5-6-7-8-9-10-11-12-13-14-15-16-17-18-19-21-31(36)33-26-20-27-43(40,34-28-32(37)41-2)42-30-24-22-29(23-25-30)35(38)39/h4-5,7-8,10-11,13-14,16-17,22-25H,3,6,9,12,15,18-21,26-28H2,1-2H3,(H,33,36)(H,34,40)/b5-4-,8-7-,11-10-,14-13-,17-16-. The highest BCUT2D eigenvalue weighted by Gasteiger charge is 2.25. The van der Waals surface area contributed by atoms with Gasteiger partial charge in [-0.1, -0.05) is 67.7 Å². The molecule has 1 aromatic rings. The number of nitro groups is 1. The largest absolute Gasteiger partial charge is 0.468 e. The lowest BCUT2D eigenvalue weighted by Crippen LogP contribution is -2.28. The fraction of sp³-hybridized carbons (Fsp3) is 0.438. The van der Waals surface area contributed by atoms with Gasteiger partial charge in [0.15, 0.2) is 0 Å². The molecular weight excluding hydrogens is 569 g/mol. The minimum atomic E-state index is -3.56. The number of nitro benzene ring substituents is 1. The summed E-state index contributed by atoms with van der Waals surface area (Å²) in [7, 11) is -2.35. The van der Waals surface area contributed by atoms with Gasteiger partial charge in [0.2, 0.25) is 5.91 Å². The third-order valence-electron chi connectivity index (χ3n) is 5.88. The fourth-order valence-electron chi connectivity index (χ4n) is 3.57. The fourth-order valence-corrected chi connectivity index (χ4v) is 5.29. The van der Waals surface area contributed by atoms with Gasteiger partial charge in [0.1, 0.15) is 12.3 Å². The monoisotopic (exact) mass is 615 g/mol. The number of ether oxygens (including phenoxy) is 1. The van der Waals surface area contributed by atoms with Gasteiger partial charge in [-0.05, 0) is 63.5 Å². The van der Waals surface area contributed by atoms with Gasteiger partial charge in [-0.2, -0.15) is 0 Å². The Morgan fingerprint density at radius 3 is 1.98 bits per heavy atom. The van der Waals surface area contributed by atoms with Gasteiger partial charge in [-0.25, -0.2) is 5.09 Å². The Morgan fingerprint density at radius 2 is 1.44 bits per heavy atom. The lowest BCUT2D eigenvalue weighted by Gasteiger charge is -2.20. The van der Waals surface area contributed by atoms with Crippen LogP contribution in [0.15, 0.2) is 85.0 Å². The number of methoxy groups -OCH3 is 1. The summed E-state index contributed by atoms with van der Waals surface area (Å²) in [5.41, 5.74) is -0.131. The van der Waals surface area contributed by atoms with Crippen molar-refractivity contribution in [1.29, 1.82) is 0 Å². The van der Waals surface area contributed by atoms with E-state index >= 15 is 0 Å². The normalized spacial score (nSPS) is 13.3. The summed E-state index contributed by atoms with van der Waals surface area (Å²) in [5, 5.41) is 16.3. The van der Waals surface area contributed by atoms with Crippen LogP contribution in [0, 0.1) is 10.1 Å². The molecule has 236 valence electrons. The average molecular weight is 616 g/mol. The summed E-state index contributed by atoms with van der Waals surface area (Å²) in [5.74, 6) is -0.556. The van der Waals surface area contributed by atoms with Crippen molar-refractivity contribution in [1.82, 2.24) is 10.4 Å². The van der Waals surface area contributed by atoms with Crippen molar-refractivity contribution < 1.29 is 28.3 Å². The zero-order valence-electron chi connectivity index (χ0n) is 25.3. The van der Waals surface area contributed by atoms with Gasteiger partial charge in [-0.3, -0.25) is 24.3 Å². The molecule has 11 heteroatoms. The van der Waals surface area contributed by atoms with Crippen LogP contribution in [0.25, 0.3) is 0 Å². The molecule has 0 aliphatic carbocycles. The first-order valence-corrected chi connectivity index (χ1v) is 16.5. The second kappa shape index (κ2) is 23.8. The number of unbranched alkanes of at least 4 members (excludes halogenated alkanes) is 1. The van der Waals surface area contributed by atoms with Crippen molar-refractivity contribution in [3.8, 4) is 5.75 Å². The second-order valence-electron chi connectivity index (χ2n) is 9.45. The maximum Gasteiger partial charge on any atom is 0.320 e. The van der Waals surface area contributed by atoms with Gasteiger partial charge < -0.3 is 14.6 Å². The predicted octanol–water partition coefficient (Wildman–Crippen LogP) is 7.36. The number of carbonyl (C=O) groups excluding carboxylic acids is 2. The molecule has 1 rings (SSSR count). The van der Waals surface area contributed by atoms with Crippen molar-refractivity contribution in [2.45, 2.75) is 64.7 Å². The number of allylic oxidation sites excluding steroid dienone is 10. The molecule has 0 spiro atoms. The number of nitrogens with zero attached hydrogens (tertiary/aromatic N) is 1. The number of rotatable bonds is 23. The van der Waals surface area contributed by atoms with Crippen LogP contribution < -0.4 is 14.9 Å². The van der Waals surface area contributed by atoms with Crippen LogP contribution in [0.3, 0.4) is 0 Å². The van der Waals surface area contributed by atoms with Crippen LogP contribution in [0.1, 0.15) is 64.7 Å². The zero-order chi connectivity index (χ0) is 31.6. The van der Waals surface area contributed by atoms with Crippen molar-refractivity contribution in [3.63, 3.8) is 0 Å². The van der Waals surface area contributed by atoms with Gasteiger partial charge in [-0.15, -0.1) is 0 Å². The first-order chi connectivity index (χ1) is 20.8. The van der Waals surface area contributed by atoms with E-state index in [2.05, 4.69) is 82.8 Å². The number of hydrogen-bond donors (Lipinski definition) is 2. The predicted molar refractivity (Wildman–Crippen MR) is 172 cm³/mol. The minimum absolute atomic E-state index is 0.0291. The number of amides is 1. The van der Waals surface area contributed by atoms with Crippen molar-refractivity contribution >= 4 is 25.1 Å². The van der Waals surface area contributed by atoms with Crippen LogP contribution >= 0.6 is 7.52 Å². The van der Waals surface area contributed by atoms with E-state index in [1.54, 1.807) is 0 Å². The Hall–Kier alpha value is -3.75. The van der Waals surface area contributed by atoms with E-state index in [0.29, 0.717) is 12.8 Å². The van der Waals surface area contributed by atoms with E-state index in [1.807, 2.05) is 0 Å². The lowest BCUT2D eigenvalue weighted by molar-refractivity contribution is -0.384. The molecule has 0 aliphatic heterocycles. The Bertz CT molecular complexity index is 1160. The summed E-state index contributed by atoms with van der Waals surface area (Å²) in [6, 6.07) is 5.15. The number of hydrogen-bond acceptors (Lipinski definition) is 7. The highest BCUT2D eigenvalue weighted by Crippen LogP contribution is 2.43. The third-order valence-corrected chi connectivity index (χ3v) is 7.93. The van der Waals surface area contributed by atoms with Gasteiger partial charge in [0.05, 0.1) is 18.2 Å². The summed E-state index contributed by atoms with van der Waals surface area (Å²) in [6.07, 6.45) is 28.5. The second-order valence-corrected chi connectivity index (χ2v) is 11.7. The van der Waals surface area contributed by atoms with Crippen LogP contribution in [0.4, 0.5) is 5.69 Å². The SMILES string of the molecule is CC/C=C\C/C=C\C/C=C\C/C=C\C/C=C\CCCC(=O)NCCCP(=O)(NCC(=O)OC)Oc1ccc([N+](=O)[O-])cc1. The molecule has 1 aromatic carbocycles. The molecule has 0 bridgehead atoms. The molecule has 0 aromatic heterocycles. The minimum Gasteiger partial charge on any atom is -0.468 e. The Labute approximate surface area is 255 Å². The van der Waals surface area contributed by atoms with Gasteiger partial charge >= 0.3 is 13.5 Å². The molecule has 0 fully saturated rings. The highest BCUT2D eigenvalue weighted by molar-refractivity contribution is 7.57. The summed E-state index contributed by atoms with van der Waals surface area (Å²) in [4.78, 5) is 34.0. The summed E-state index contributed by atoms with van der Waals surface area (Å²) < 4.78 is 23.5. The first kappa shape index (κ1) is 37.3. The highest BCUT2D eigenvalue weighted by atomic mass is 31.2. The number of esters is 1. The maximum absolute atomic E-state index is 13.3. The van der Waals surface area contributed by atoms with Crippen LogP contribution in [0.5, 0.6) is 5.75 Å². The first-order valence-electron chi connectivity index (χ1n) is 14.7. The van der Waals surface area contributed by atoms with Crippen molar-refractivity contribution in [2.75, 3.05) is 26.4 Å². The molecule has 0 heterocycles. The summed E-state index contributed by atoms with van der Waals surface area (Å²) in [6.45, 7) is 2.09. The molecule has 2 N–H and O–H groups in total. The molecule has 0 radical (unpaired) electrons. The molecule has 10 nitrogen and oxygen atoms in total. The Morgan fingerprint density at radius 1 is 0.884 bits per heavy atom.